The van der Waals surface area contributed by atoms with Crippen molar-refractivity contribution in [2.75, 3.05) is 39.5 Å². The minimum absolute atomic E-state index is 0.0673. The highest BCUT2D eigenvalue weighted by atomic mass is 32.1. The largest absolute Gasteiger partial charge is 0.492 e. The molecule has 0 aromatic heterocycles. The molecule has 0 saturated carbocycles. The molecule has 3 N–H and O–H groups in total. The smallest absolute Gasteiger partial charge is 0.119 e. The van der Waals surface area contributed by atoms with E-state index in [-0.39, 0.29) is 12.7 Å². The van der Waals surface area contributed by atoms with Crippen LogP contribution in [0.15, 0.2) is 24.3 Å². The van der Waals surface area contributed by atoms with E-state index in [4.69, 9.17) is 32.5 Å². The number of nitrogens with zero attached hydrogens (tertiary/aromatic N) is 1. The predicted molar refractivity (Wildman–Crippen MR) is 81.1 cm³/mol. The van der Waals surface area contributed by atoms with E-state index < -0.39 is 0 Å². The van der Waals surface area contributed by atoms with Gasteiger partial charge in [0.2, 0.25) is 0 Å². The summed E-state index contributed by atoms with van der Waals surface area (Å²) in [6, 6.07) is 7.44. The molecule has 1 atom stereocenters. The second kappa shape index (κ2) is 7.54. The summed E-state index contributed by atoms with van der Waals surface area (Å²) in [5.74, 6) is 0.803. The molecule has 1 heterocycles. The molecule has 0 bridgehead atoms. The second-order valence-electron chi connectivity index (χ2n) is 4.71. The summed E-state index contributed by atoms with van der Waals surface area (Å²) in [5, 5.41) is 9.08. The molecule has 2 rings (SSSR count). The summed E-state index contributed by atoms with van der Waals surface area (Å²) < 4.78 is 11.1. The number of morpholine rings is 1. The highest BCUT2D eigenvalue weighted by Crippen LogP contribution is 2.12. The Bertz CT molecular complexity index is 439. The molecule has 1 fully saturated rings. The molecule has 6 heteroatoms. The summed E-state index contributed by atoms with van der Waals surface area (Å²) in [7, 11) is 0. The lowest BCUT2D eigenvalue weighted by Crippen LogP contribution is -2.45. The number of aliphatic hydroxyl groups excluding tert-OH is 1. The first kappa shape index (κ1) is 15.2. The van der Waals surface area contributed by atoms with Crippen molar-refractivity contribution in [1.82, 2.24) is 4.90 Å². The van der Waals surface area contributed by atoms with Gasteiger partial charge in [-0.05, 0) is 24.3 Å². The van der Waals surface area contributed by atoms with Crippen molar-refractivity contribution in [2.24, 2.45) is 5.73 Å². The van der Waals surface area contributed by atoms with E-state index >= 15 is 0 Å². The van der Waals surface area contributed by atoms with Gasteiger partial charge in [-0.25, -0.2) is 0 Å². The van der Waals surface area contributed by atoms with Crippen molar-refractivity contribution in [3.63, 3.8) is 0 Å². The van der Waals surface area contributed by atoms with Crippen LogP contribution in [0.5, 0.6) is 5.75 Å². The van der Waals surface area contributed by atoms with Gasteiger partial charge in [-0.3, -0.25) is 4.90 Å². The SMILES string of the molecule is NC(=S)c1ccc(OCCN2CCOC(CO)C2)cc1. The topological polar surface area (TPSA) is 68.0 Å². The molecule has 5 nitrogen and oxygen atoms in total. The van der Waals surface area contributed by atoms with Crippen LogP contribution in [0.25, 0.3) is 0 Å². The Hall–Kier alpha value is -1.21. The first-order valence-electron chi connectivity index (χ1n) is 6.66. The molecule has 0 aliphatic carbocycles. The van der Waals surface area contributed by atoms with Crippen LogP contribution in [0, 0.1) is 0 Å². The number of benzene rings is 1. The third-order valence-corrected chi connectivity index (χ3v) is 3.48. The lowest BCUT2D eigenvalue weighted by molar-refractivity contribution is -0.0547. The van der Waals surface area contributed by atoms with Crippen molar-refractivity contribution >= 4 is 17.2 Å². The van der Waals surface area contributed by atoms with E-state index in [1.54, 1.807) is 0 Å². The second-order valence-corrected chi connectivity index (χ2v) is 5.15. The monoisotopic (exact) mass is 296 g/mol. The number of rotatable bonds is 6. The van der Waals surface area contributed by atoms with Gasteiger partial charge in [-0.1, -0.05) is 12.2 Å². The van der Waals surface area contributed by atoms with E-state index in [9.17, 15) is 0 Å². The highest BCUT2D eigenvalue weighted by Gasteiger charge is 2.19. The summed E-state index contributed by atoms with van der Waals surface area (Å²) in [6.45, 7) is 3.77. The van der Waals surface area contributed by atoms with Crippen LogP contribution in [0.4, 0.5) is 0 Å². The maximum Gasteiger partial charge on any atom is 0.119 e. The van der Waals surface area contributed by atoms with E-state index in [1.165, 1.54) is 0 Å². The fourth-order valence-electron chi connectivity index (χ4n) is 2.10. The zero-order valence-corrected chi connectivity index (χ0v) is 12.1. The molecule has 1 saturated heterocycles. The quantitative estimate of drug-likeness (QED) is 0.740. The highest BCUT2D eigenvalue weighted by molar-refractivity contribution is 7.80. The van der Waals surface area contributed by atoms with E-state index in [1.807, 2.05) is 24.3 Å². The summed E-state index contributed by atoms with van der Waals surface area (Å²) in [5.41, 5.74) is 6.38. The third kappa shape index (κ3) is 4.42. The number of ether oxygens (including phenoxy) is 2. The Morgan fingerprint density at radius 1 is 1.45 bits per heavy atom. The van der Waals surface area contributed by atoms with Gasteiger partial charge in [0.25, 0.3) is 0 Å². The molecule has 1 aromatic carbocycles. The number of hydrogen-bond acceptors (Lipinski definition) is 5. The first-order chi connectivity index (χ1) is 9.69. The van der Waals surface area contributed by atoms with Crippen molar-refractivity contribution in [1.29, 1.82) is 0 Å². The summed E-state index contributed by atoms with van der Waals surface area (Å²) >= 11 is 4.90. The van der Waals surface area contributed by atoms with E-state index in [2.05, 4.69) is 4.90 Å². The summed E-state index contributed by atoms with van der Waals surface area (Å²) in [4.78, 5) is 2.62. The molecule has 0 amide bonds. The molecule has 1 aliphatic heterocycles. The Balaban J connectivity index is 1.74. The fraction of sp³-hybridized carbons (Fsp3) is 0.500. The van der Waals surface area contributed by atoms with Gasteiger partial charge in [0, 0.05) is 25.2 Å². The van der Waals surface area contributed by atoms with Crippen molar-refractivity contribution < 1.29 is 14.6 Å². The lowest BCUT2D eigenvalue weighted by atomic mass is 10.2. The molecule has 1 aromatic rings. The van der Waals surface area contributed by atoms with E-state index in [0.717, 1.165) is 30.9 Å². The normalized spacial score (nSPS) is 19.8. The van der Waals surface area contributed by atoms with Crippen LogP contribution in [0.1, 0.15) is 5.56 Å². The summed E-state index contributed by atoms with van der Waals surface area (Å²) in [6.07, 6.45) is -0.0754. The Morgan fingerprint density at radius 2 is 2.20 bits per heavy atom. The number of hydrogen-bond donors (Lipinski definition) is 2. The minimum atomic E-state index is -0.0754. The van der Waals surface area contributed by atoms with Crippen LogP contribution in [0.2, 0.25) is 0 Å². The maximum atomic E-state index is 9.08. The molecule has 1 aliphatic rings. The van der Waals surface area contributed by atoms with Crippen LogP contribution >= 0.6 is 12.2 Å². The predicted octanol–water partition coefficient (Wildman–Crippen LogP) is 0.393. The maximum absolute atomic E-state index is 9.08. The number of nitrogens with two attached hydrogens (primary N) is 1. The molecule has 110 valence electrons. The van der Waals surface area contributed by atoms with Gasteiger partial charge < -0.3 is 20.3 Å². The average Bonchev–Trinajstić information content (AvgIpc) is 2.48. The average molecular weight is 296 g/mol. The molecule has 1 unspecified atom stereocenters. The Labute approximate surface area is 124 Å². The Morgan fingerprint density at radius 3 is 2.85 bits per heavy atom. The Kier molecular flexibility index (Phi) is 5.72. The van der Waals surface area contributed by atoms with Crippen LogP contribution in [0.3, 0.4) is 0 Å². The fourth-order valence-corrected chi connectivity index (χ4v) is 2.24. The van der Waals surface area contributed by atoms with Gasteiger partial charge in [-0.2, -0.15) is 0 Å². The first-order valence-corrected chi connectivity index (χ1v) is 7.07. The number of thiocarbonyl (C=S) groups is 1. The zero-order valence-electron chi connectivity index (χ0n) is 11.3. The van der Waals surface area contributed by atoms with Gasteiger partial charge in [-0.15, -0.1) is 0 Å². The van der Waals surface area contributed by atoms with Gasteiger partial charge >= 0.3 is 0 Å². The van der Waals surface area contributed by atoms with Crippen LogP contribution < -0.4 is 10.5 Å². The van der Waals surface area contributed by atoms with Crippen molar-refractivity contribution in [2.45, 2.75) is 6.10 Å². The third-order valence-electron chi connectivity index (χ3n) is 3.24. The molecule has 0 radical (unpaired) electrons. The molecular weight excluding hydrogens is 276 g/mol. The number of aliphatic hydroxyl groups is 1. The van der Waals surface area contributed by atoms with Crippen molar-refractivity contribution in [3.05, 3.63) is 29.8 Å². The van der Waals surface area contributed by atoms with Gasteiger partial charge in [0.1, 0.15) is 17.3 Å². The minimum Gasteiger partial charge on any atom is -0.492 e. The van der Waals surface area contributed by atoms with Crippen LogP contribution in [-0.4, -0.2) is 60.6 Å². The standard InChI is InChI=1S/C14H20N2O3S/c15-14(20)11-1-3-12(4-2-11)18-7-5-16-6-8-19-13(9-16)10-17/h1-4,13,17H,5-10H2,(H2,15,20). The van der Waals surface area contributed by atoms with E-state index in [0.29, 0.717) is 18.2 Å². The molecule has 20 heavy (non-hydrogen) atoms. The zero-order chi connectivity index (χ0) is 14.4. The van der Waals surface area contributed by atoms with Crippen molar-refractivity contribution in [3.8, 4) is 5.75 Å². The molecular formula is C14H20N2O3S. The van der Waals surface area contributed by atoms with Crippen LogP contribution in [-0.2, 0) is 4.74 Å². The van der Waals surface area contributed by atoms with Gasteiger partial charge in [0.15, 0.2) is 0 Å². The molecule has 0 spiro atoms. The lowest BCUT2D eigenvalue weighted by Gasteiger charge is -2.31. The van der Waals surface area contributed by atoms with Gasteiger partial charge in [0.05, 0.1) is 19.3 Å².